The van der Waals surface area contributed by atoms with E-state index in [4.69, 9.17) is 4.52 Å². The van der Waals surface area contributed by atoms with Crippen molar-refractivity contribution in [3.05, 3.63) is 23.1 Å². The molecule has 8 nitrogen and oxygen atoms in total. The predicted molar refractivity (Wildman–Crippen MR) is 65.8 cm³/mol. The van der Waals surface area contributed by atoms with Crippen LogP contribution in [0.25, 0.3) is 0 Å². The van der Waals surface area contributed by atoms with Crippen molar-refractivity contribution in [1.29, 1.82) is 0 Å². The van der Waals surface area contributed by atoms with Crippen molar-refractivity contribution < 1.29 is 12.9 Å². The highest BCUT2D eigenvalue weighted by atomic mass is 32.2. The first-order valence-electron chi connectivity index (χ1n) is 5.65. The molecule has 2 N–H and O–H groups in total. The summed E-state index contributed by atoms with van der Waals surface area (Å²) in [5.74, 6) is 1.26. The summed E-state index contributed by atoms with van der Waals surface area (Å²) in [5.41, 5.74) is 0.323. The van der Waals surface area contributed by atoms with Gasteiger partial charge >= 0.3 is 0 Å². The minimum absolute atomic E-state index is 0.0617. The standard InChI is InChI=1S/C10H15N5O3S/c1-5-9(7(3)18-14-5)19(16,17)15-6(2)10-11-8(4)12-13-10/h6,15H,1-4H3,(H,11,12,13). The highest BCUT2D eigenvalue weighted by Gasteiger charge is 2.27. The van der Waals surface area contributed by atoms with Crippen LogP contribution in [0.3, 0.4) is 0 Å². The summed E-state index contributed by atoms with van der Waals surface area (Å²) in [5, 5.41) is 10.2. The van der Waals surface area contributed by atoms with Gasteiger partial charge < -0.3 is 4.52 Å². The van der Waals surface area contributed by atoms with Crippen molar-refractivity contribution in [1.82, 2.24) is 25.1 Å². The number of rotatable bonds is 4. The molecule has 0 aliphatic carbocycles. The van der Waals surface area contributed by atoms with E-state index in [9.17, 15) is 8.42 Å². The van der Waals surface area contributed by atoms with E-state index in [0.717, 1.165) is 0 Å². The summed E-state index contributed by atoms with van der Waals surface area (Å²) in [7, 11) is -3.72. The lowest BCUT2D eigenvalue weighted by Gasteiger charge is -2.10. The lowest BCUT2D eigenvalue weighted by Crippen LogP contribution is -2.28. The molecule has 9 heteroatoms. The molecule has 0 amide bonds. The van der Waals surface area contributed by atoms with Crippen molar-refractivity contribution >= 4 is 10.0 Å². The molecule has 104 valence electrons. The van der Waals surface area contributed by atoms with Gasteiger partial charge in [-0.1, -0.05) is 5.16 Å². The number of aromatic nitrogens is 4. The molecule has 2 rings (SSSR count). The van der Waals surface area contributed by atoms with E-state index in [-0.39, 0.29) is 10.7 Å². The van der Waals surface area contributed by atoms with Crippen LogP contribution in [0.5, 0.6) is 0 Å². The molecule has 0 saturated heterocycles. The van der Waals surface area contributed by atoms with Crippen LogP contribution in [-0.4, -0.2) is 28.8 Å². The third kappa shape index (κ3) is 2.66. The Morgan fingerprint density at radius 1 is 1.32 bits per heavy atom. The molecule has 2 aromatic heterocycles. The van der Waals surface area contributed by atoms with Crippen molar-refractivity contribution in [2.24, 2.45) is 0 Å². The van der Waals surface area contributed by atoms with Gasteiger partial charge in [-0.15, -0.1) is 0 Å². The molecule has 2 aromatic rings. The second-order valence-corrected chi connectivity index (χ2v) is 5.93. The van der Waals surface area contributed by atoms with Crippen molar-refractivity contribution in [3.8, 4) is 0 Å². The maximum atomic E-state index is 12.2. The molecule has 2 heterocycles. The third-order valence-electron chi connectivity index (χ3n) is 2.57. The van der Waals surface area contributed by atoms with Crippen LogP contribution < -0.4 is 4.72 Å². The zero-order chi connectivity index (χ0) is 14.2. The summed E-state index contributed by atoms with van der Waals surface area (Å²) in [4.78, 5) is 4.15. The van der Waals surface area contributed by atoms with E-state index < -0.39 is 16.1 Å². The van der Waals surface area contributed by atoms with Crippen LogP contribution in [0.15, 0.2) is 9.42 Å². The van der Waals surface area contributed by atoms with Gasteiger partial charge in [0.1, 0.15) is 16.4 Å². The summed E-state index contributed by atoms with van der Waals surface area (Å²) < 4.78 is 31.9. The maximum absolute atomic E-state index is 12.2. The Kier molecular flexibility index (Phi) is 3.42. The monoisotopic (exact) mass is 285 g/mol. The number of aryl methyl sites for hydroxylation is 3. The molecule has 19 heavy (non-hydrogen) atoms. The number of hydrogen-bond acceptors (Lipinski definition) is 6. The third-order valence-corrected chi connectivity index (χ3v) is 4.35. The first-order chi connectivity index (χ1) is 8.81. The fourth-order valence-electron chi connectivity index (χ4n) is 1.76. The summed E-state index contributed by atoms with van der Waals surface area (Å²) in [6.07, 6.45) is 0. The molecule has 0 bridgehead atoms. The van der Waals surface area contributed by atoms with Crippen molar-refractivity contribution in [2.45, 2.75) is 38.6 Å². The number of aromatic amines is 1. The number of nitrogens with zero attached hydrogens (tertiary/aromatic N) is 3. The topological polar surface area (TPSA) is 114 Å². The second-order valence-electron chi connectivity index (χ2n) is 4.28. The number of H-pyrrole nitrogens is 1. The lowest BCUT2D eigenvalue weighted by atomic mass is 10.3. The first kappa shape index (κ1) is 13.7. The highest BCUT2D eigenvalue weighted by molar-refractivity contribution is 7.89. The Morgan fingerprint density at radius 2 is 2.00 bits per heavy atom. The summed E-state index contributed by atoms with van der Waals surface area (Å²) in [6, 6.07) is -0.552. The van der Waals surface area contributed by atoms with Gasteiger partial charge in [0.15, 0.2) is 11.6 Å². The van der Waals surface area contributed by atoms with Crippen molar-refractivity contribution in [2.75, 3.05) is 0 Å². The quantitative estimate of drug-likeness (QED) is 0.857. The molecule has 0 aromatic carbocycles. The van der Waals surface area contributed by atoms with Gasteiger partial charge in [-0.05, 0) is 27.7 Å². The summed E-state index contributed by atoms with van der Waals surface area (Å²) in [6.45, 7) is 6.53. The maximum Gasteiger partial charge on any atom is 0.246 e. The molecule has 0 fully saturated rings. The van der Waals surface area contributed by atoms with E-state index >= 15 is 0 Å². The van der Waals surface area contributed by atoms with Gasteiger partial charge in [0.25, 0.3) is 0 Å². The van der Waals surface area contributed by atoms with Gasteiger partial charge in [-0.3, -0.25) is 5.10 Å². The molecule has 0 aliphatic heterocycles. The molecule has 1 atom stereocenters. The number of nitrogens with one attached hydrogen (secondary N) is 2. The van der Waals surface area contributed by atoms with E-state index in [0.29, 0.717) is 17.3 Å². The van der Waals surface area contributed by atoms with Gasteiger partial charge in [0.05, 0.1) is 6.04 Å². The van der Waals surface area contributed by atoms with E-state index in [1.807, 2.05) is 0 Å². The average molecular weight is 285 g/mol. The highest BCUT2D eigenvalue weighted by Crippen LogP contribution is 2.20. The van der Waals surface area contributed by atoms with E-state index in [1.165, 1.54) is 0 Å². The Morgan fingerprint density at radius 3 is 2.47 bits per heavy atom. The average Bonchev–Trinajstić information content (AvgIpc) is 2.85. The number of sulfonamides is 1. The van der Waals surface area contributed by atoms with Gasteiger partial charge in [-0.25, -0.2) is 18.1 Å². The predicted octanol–water partition coefficient (Wildman–Crippen LogP) is 0.757. The minimum Gasteiger partial charge on any atom is -0.360 e. The van der Waals surface area contributed by atoms with E-state index in [2.05, 4.69) is 25.1 Å². The van der Waals surface area contributed by atoms with Crippen LogP contribution in [0.1, 0.15) is 36.1 Å². The zero-order valence-corrected chi connectivity index (χ0v) is 11.9. The molecule has 0 spiro atoms. The minimum atomic E-state index is -3.72. The van der Waals surface area contributed by atoms with Crippen LogP contribution in [0.4, 0.5) is 0 Å². The van der Waals surface area contributed by atoms with Gasteiger partial charge in [0, 0.05) is 0 Å². The van der Waals surface area contributed by atoms with Crippen LogP contribution in [-0.2, 0) is 10.0 Å². The molecule has 0 aliphatic rings. The normalized spacial score (nSPS) is 13.7. The Bertz CT molecular complexity index is 668. The van der Waals surface area contributed by atoms with E-state index in [1.54, 1.807) is 27.7 Å². The largest absolute Gasteiger partial charge is 0.360 e. The molecule has 1 unspecified atom stereocenters. The molecular weight excluding hydrogens is 270 g/mol. The lowest BCUT2D eigenvalue weighted by molar-refractivity contribution is 0.390. The fraction of sp³-hybridized carbons (Fsp3) is 0.500. The Labute approximate surface area is 110 Å². The fourth-order valence-corrected chi connectivity index (χ4v) is 3.29. The van der Waals surface area contributed by atoms with Crippen LogP contribution in [0, 0.1) is 20.8 Å². The van der Waals surface area contributed by atoms with Crippen LogP contribution >= 0.6 is 0 Å². The first-order valence-corrected chi connectivity index (χ1v) is 7.13. The van der Waals surface area contributed by atoms with Gasteiger partial charge in [0.2, 0.25) is 10.0 Å². The Balaban J connectivity index is 2.27. The number of hydrogen-bond donors (Lipinski definition) is 2. The zero-order valence-electron chi connectivity index (χ0n) is 11.1. The van der Waals surface area contributed by atoms with Crippen LogP contribution in [0.2, 0.25) is 0 Å². The molecule has 0 saturated carbocycles. The van der Waals surface area contributed by atoms with Crippen molar-refractivity contribution in [3.63, 3.8) is 0 Å². The second kappa shape index (κ2) is 4.74. The Hall–Kier alpha value is -1.74. The smallest absolute Gasteiger partial charge is 0.246 e. The SMILES string of the molecule is Cc1nc(C(C)NS(=O)(=O)c2c(C)noc2C)n[nH]1. The molecular formula is C10H15N5O3S. The molecule has 0 radical (unpaired) electrons. The summed E-state index contributed by atoms with van der Waals surface area (Å²) >= 11 is 0. The van der Waals surface area contributed by atoms with Gasteiger partial charge in [-0.2, -0.15) is 5.10 Å².